The summed E-state index contributed by atoms with van der Waals surface area (Å²) in [6.07, 6.45) is 0. The normalized spacial score (nSPS) is 10.9. The second kappa shape index (κ2) is 8.87. The summed E-state index contributed by atoms with van der Waals surface area (Å²) in [6.45, 7) is 6.28. The quantitative estimate of drug-likeness (QED) is 0.592. The smallest absolute Gasteiger partial charge is 0.253 e. The van der Waals surface area contributed by atoms with Crippen molar-refractivity contribution in [3.05, 3.63) is 93.8 Å². The number of hydrogen-bond donors (Lipinski definition) is 3. The molecule has 146 valence electrons. The van der Waals surface area contributed by atoms with Gasteiger partial charge in [0.1, 0.15) is 0 Å². The first-order chi connectivity index (χ1) is 13.5. The van der Waals surface area contributed by atoms with Crippen LogP contribution in [0.25, 0.3) is 0 Å². The number of nitrogens with one attached hydrogen (secondary N) is 1. The Labute approximate surface area is 166 Å². The number of nitrogens with two attached hydrogens (primary N) is 2. The van der Waals surface area contributed by atoms with E-state index < -0.39 is 0 Å². The lowest BCUT2D eigenvalue weighted by atomic mass is 10.1. The average molecular weight is 377 g/mol. The largest absolute Gasteiger partial charge is 0.348 e. The van der Waals surface area contributed by atoms with Crippen LogP contribution >= 0.6 is 0 Å². The van der Waals surface area contributed by atoms with Crippen LogP contribution in [0.1, 0.15) is 44.0 Å². The number of amides is 1. The van der Waals surface area contributed by atoms with E-state index in [1.54, 1.807) is 0 Å². The van der Waals surface area contributed by atoms with Gasteiger partial charge in [0.25, 0.3) is 5.91 Å². The zero-order valence-electron chi connectivity index (χ0n) is 16.5. The molecular weight excluding hydrogens is 348 g/mol. The van der Waals surface area contributed by atoms with Gasteiger partial charge in [0.2, 0.25) is 0 Å². The van der Waals surface area contributed by atoms with Crippen LogP contribution in [0.3, 0.4) is 0 Å². The van der Waals surface area contributed by atoms with Crippen LogP contribution in [0.4, 0.5) is 0 Å². The molecule has 0 fully saturated rings. The van der Waals surface area contributed by atoms with E-state index in [4.69, 9.17) is 11.5 Å². The molecule has 0 saturated heterocycles. The maximum Gasteiger partial charge on any atom is 0.253 e. The molecule has 0 aliphatic heterocycles. The van der Waals surface area contributed by atoms with Crippen molar-refractivity contribution >= 4 is 5.91 Å². The number of aromatic nitrogens is 1. The minimum absolute atomic E-state index is 0.0574. The fourth-order valence-electron chi connectivity index (χ4n) is 3.38. The van der Waals surface area contributed by atoms with E-state index >= 15 is 0 Å². The molecule has 28 heavy (non-hydrogen) atoms. The number of carbonyl (C=O) groups excluding carboxylic acids is 1. The van der Waals surface area contributed by atoms with Crippen molar-refractivity contribution in [1.82, 2.24) is 9.88 Å². The summed E-state index contributed by atoms with van der Waals surface area (Å²) in [5, 5.41) is 3.02. The molecule has 5 heteroatoms. The van der Waals surface area contributed by atoms with Crippen molar-refractivity contribution in [3.8, 4) is 0 Å². The zero-order valence-corrected chi connectivity index (χ0v) is 16.5. The van der Waals surface area contributed by atoms with Gasteiger partial charge in [0, 0.05) is 37.6 Å². The predicted molar refractivity (Wildman–Crippen MR) is 113 cm³/mol. The number of rotatable bonds is 7. The van der Waals surface area contributed by atoms with E-state index in [-0.39, 0.29) is 5.91 Å². The van der Waals surface area contributed by atoms with Gasteiger partial charge in [-0.05, 0) is 42.2 Å². The molecule has 0 aliphatic carbocycles. The number of nitrogens with zero attached hydrogens (tertiary/aromatic N) is 1. The van der Waals surface area contributed by atoms with Gasteiger partial charge >= 0.3 is 0 Å². The van der Waals surface area contributed by atoms with Crippen molar-refractivity contribution in [3.63, 3.8) is 0 Å². The third-order valence-corrected chi connectivity index (χ3v) is 5.10. The van der Waals surface area contributed by atoms with E-state index in [1.165, 1.54) is 5.56 Å². The lowest BCUT2D eigenvalue weighted by Gasteiger charge is -2.11. The molecule has 0 saturated carbocycles. The summed E-state index contributed by atoms with van der Waals surface area (Å²) < 4.78 is 2.17. The van der Waals surface area contributed by atoms with Gasteiger partial charge in [-0.1, -0.05) is 48.5 Å². The van der Waals surface area contributed by atoms with Crippen molar-refractivity contribution in [1.29, 1.82) is 0 Å². The highest BCUT2D eigenvalue weighted by molar-refractivity contribution is 5.95. The monoisotopic (exact) mass is 376 g/mol. The summed E-state index contributed by atoms with van der Waals surface area (Å²) in [5.74, 6) is -0.0574. The van der Waals surface area contributed by atoms with Crippen LogP contribution < -0.4 is 16.8 Å². The SMILES string of the molecule is Cc1cc(C(=O)NCc2ccc(CN)cc2)c(C)n1Cc1cccc(CN)c1. The first kappa shape index (κ1) is 19.9. The molecule has 0 atom stereocenters. The Kier molecular flexibility index (Phi) is 6.29. The molecule has 0 aliphatic rings. The highest BCUT2D eigenvalue weighted by Gasteiger charge is 2.15. The van der Waals surface area contributed by atoms with Gasteiger partial charge < -0.3 is 21.4 Å². The number of carbonyl (C=O) groups is 1. The third-order valence-electron chi connectivity index (χ3n) is 5.10. The Morgan fingerprint density at radius 3 is 2.21 bits per heavy atom. The summed E-state index contributed by atoms with van der Waals surface area (Å²) in [7, 11) is 0. The van der Waals surface area contributed by atoms with Crippen LogP contribution in [0.15, 0.2) is 54.6 Å². The van der Waals surface area contributed by atoms with Crippen molar-refractivity contribution in [2.75, 3.05) is 0 Å². The van der Waals surface area contributed by atoms with Gasteiger partial charge in [-0.15, -0.1) is 0 Å². The molecule has 5 N–H and O–H groups in total. The highest BCUT2D eigenvalue weighted by Crippen LogP contribution is 2.18. The summed E-state index contributed by atoms with van der Waals surface area (Å²) in [6, 6.07) is 18.2. The Bertz CT molecular complexity index is 957. The highest BCUT2D eigenvalue weighted by atomic mass is 16.1. The van der Waals surface area contributed by atoms with Crippen LogP contribution in [0.2, 0.25) is 0 Å². The van der Waals surface area contributed by atoms with Crippen molar-refractivity contribution in [2.24, 2.45) is 11.5 Å². The van der Waals surface area contributed by atoms with E-state index in [2.05, 4.69) is 22.0 Å². The average Bonchev–Trinajstić information content (AvgIpc) is 3.01. The summed E-state index contributed by atoms with van der Waals surface area (Å²) in [5.41, 5.74) is 18.5. The van der Waals surface area contributed by atoms with Crippen molar-refractivity contribution in [2.45, 2.75) is 40.0 Å². The second-order valence-corrected chi connectivity index (χ2v) is 7.10. The van der Waals surface area contributed by atoms with Crippen LogP contribution in [0, 0.1) is 13.8 Å². The van der Waals surface area contributed by atoms with Gasteiger partial charge in [-0.2, -0.15) is 0 Å². The number of benzene rings is 2. The molecule has 1 aromatic heterocycles. The van der Waals surface area contributed by atoms with E-state index in [9.17, 15) is 4.79 Å². The molecule has 5 nitrogen and oxygen atoms in total. The molecule has 3 rings (SSSR count). The van der Waals surface area contributed by atoms with Crippen LogP contribution in [0.5, 0.6) is 0 Å². The fraction of sp³-hybridized carbons (Fsp3) is 0.261. The fourth-order valence-corrected chi connectivity index (χ4v) is 3.38. The lowest BCUT2D eigenvalue weighted by molar-refractivity contribution is 0.0950. The first-order valence-electron chi connectivity index (χ1n) is 9.52. The molecule has 0 bridgehead atoms. The maximum absolute atomic E-state index is 12.7. The Morgan fingerprint density at radius 1 is 0.893 bits per heavy atom. The summed E-state index contributed by atoms with van der Waals surface area (Å²) >= 11 is 0. The van der Waals surface area contributed by atoms with E-state index in [1.807, 2.05) is 56.3 Å². The Balaban J connectivity index is 1.71. The Morgan fingerprint density at radius 2 is 1.54 bits per heavy atom. The lowest BCUT2D eigenvalue weighted by Crippen LogP contribution is -2.23. The third kappa shape index (κ3) is 4.50. The molecule has 0 radical (unpaired) electrons. The topological polar surface area (TPSA) is 86.1 Å². The predicted octanol–water partition coefficient (Wildman–Crippen LogP) is 3.00. The standard InChI is InChI=1S/C23H28N4O/c1-16-10-22(23(28)26-14-19-8-6-18(12-24)7-9-19)17(2)27(16)15-21-5-3-4-20(11-21)13-25/h3-11H,12-15,24-25H2,1-2H3,(H,26,28). The first-order valence-corrected chi connectivity index (χ1v) is 9.52. The Hall–Kier alpha value is -2.89. The van der Waals surface area contributed by atoms with Crippen LogP contribution in [-0.4, -0.2) is 10.5 Å². The second-order valence-electron chi connectivity index (χ2n) is 7.10. The molecular formula is C23H28N4O. The zero-order chi connectivity index (χ0) is 20.1. The molecule has 2 aromatic carbocycles. The molecule has 1 heterocycles. The molecule has 0 unspecified atom stereocenters. The van der Waals surface area contributed by atoms with Crippen LogP contribution in [-0.2, 0) is 26.2 Å². The summed E-state index contributed by atoms with van der Waals surface area (Å²) in [4.78, 5) is 12.7. The molecule has 1 amide bonds. The number of hydrogen-bond acceptors (Lipinski definition) is 3. The van der Waals surface area contributed by atoms with Gasteiger partial charge in [0.15, 0.2) is 0 Å². The van der Waals surface area contributed by atoms with Gasteiger partial charge in [-0.3, -0.25) is 4.79 Å². The van der Waals surface area contributed by atoms with Crippen molar-refractivity contribution < 1.29 is 4.79 Å². The molecule has 3 aromatic rings. The molecule has 0 spiro atoms. The maximum atomic E-state index is 12.7. The number of aryl methyl sites for hydroxylation is 1. The van der Waals surface area contributed by atoms with E-state index in [0.717, 1.165) is 34.6 Å². The van der Waals surface area contributed by atoms with Gasteiger partial charge in [-0.25, -0.2) is 0 Å². The van der Waals surface area contributed by atoms with E-state index in [0.29, 0.717) is 25.2 Å². The minimum Gasteiger partial charge on any atom is -0.348 e. The minimum atomic E-state index is -0.0574. The van der Waals surface area contributed by atoms with Gasteiger partial charge in [0.05, 0.1) is 5.56 Å².